The van der Waals surface area contributed by atoms with E-state index in [4.69, 9.17) is 0 Å². The zero-order valence-corrected chi connectivity index (χ0v) is 17.6. The molecule has 4 aromatic rings. The Labute approximate surface area is 173 Å². The van der Waals surface area contributed by atoms with Crippen molar-refractivity contribution in [1.82, 2.24) is 19.5 Å². The molecule has 1 aliphatic carbocycles. The molecule has 0 bridgehead atoms. The maximum Gasteiger partial charge on any atom is 0.216 e. The van der Waals surface area contributed by atoms with Crippen LogP contribution < -0.4 is 4.72 Å². The van der Waals surface area contributed by atoms with Gasteiger partial charge in [0.15, 0.2) is 0 Å². The molecule has 1 aliphatic rings. The van der Waals surface area contributed by atoms with Crippen LogP contribution in [0.4, 0.5) is 0 Å². The Bertz CT molecular complexity index is 1130. The Morgan fingerprint density at radius 1 is 1.14 bits per heavy atom. The maximum absolute atomic E-state index is 4.39. The molecule has 142 valence electrons. The molecular weight excluding hydrogens is 384 g/mol. The largest absolute Gasteiger partial charge is 0.291 e. The van der Waals surface area contributed by atoms with Crippen molar-refractivity contribution in [3.05, 3.63) is 70.9 Å². The third-order valence-corrected chi connectivity index (χ3v) is 7.16. The van der Waals surface area contributed by atoms with Crippen molar-refractivity contribution in [3.8, 4) is 5.13 Å². The number of hydrogen-bond acceptors (Lipinski definition) is 5. The number of aromatic nitrogens is 3. The average Bonchev–Trinajstić information content (AvgIpc) is 3.13. The topological polar surface area (TPSA) is 42.7 Å². The summed E-state index contributed by atoms with van der Waals surface area (Å²) in [6.07, 6.45) is 5.64. The molecule has 2 heterocycles. The zero-order chi connectivity index (χ0) is 19.1. The molecule has 0 unspecified atom stereocenters. The normalized spacial score (nSPS) is 15.2. The molecule has 4 nitrogen and oxygen atoms in total. The molecule has 1 N–H and O–H groups in total. The van der Waals surface area contributed by atoms with Crippen molar-refractivity contribution in [3.63, 3.8) is 0 Å². The van der Waals surface area contributed by atoms with E-state index in [1.165, 1.54) is 39.8 Å². The van der Waals surface area contributed by atoms with Gasteiger partial charge in [0.25, 0.3) is 0 Å². The molecule has 0 saturated heterocycles. The van der Waals surface area contributed by atoms with Gasteiger partial charge in [-0.2, -0.15) is 0 Å². The molecule has 6 heteroatoms. The monoisotopic (exact) mass is 406 g/mol. The van der Waals surface area contributed by atoms with E-state index in [0.717, 1.165) is 16.6 Å². The van der Waals surface area contributed by atoms with E-state index >= 15 is 0 Å². The van der Waals surface area contributed by atoms with Gasteiger partial charge in [0.05, 0.1) is 5.52 Å². The third kappa shape index (κ3) is 3.60. The van der Waals surface area contributed by atoms with Gasteiger partial charge in [-0.15, -0.1) is 10.2 Å². The average molecular weight is 407 g/mol. The second-order valence-electron chi connectivity index (χ2n) is 7.73. The first kappa shape index (κ1) is 17.9. The molecule has 0 atom stereocenters. The quantitative estimate of drug-likeness (QED) is 0.428. The predicted molar refractivity (Wildman–Crippen MR) is 117 cm³/mol. The molecule has 28 heavy (non-hydrogen) atoms. The van der Waals surface area contributed by atoms with Crippen LogP contribution in [0.5, 0.6) is 0 Å². The lowest BCUT2D eigenvalue weighted by atomic mass is 10.0. The Balaban J connectivity index is 1.56. The fraction of sp³-hybridized carbons (Fsp3) is 0.273. The molecule has 1 saturated carbocycles. The highest BCUT2D eigenvalue weighted by Gasteiger charge is 2.37. The number of hydrogen-bond donors (Lipinski definition) is 1. The second kappa shape index (κ2) is 7.03. The van der Waals surface area contributed by atoms with Gasteiger partial charge >= 0.3 is 0 Å². The lowest BCUT2D eigenvalue weighted by Gasteiger charge is -2.10. The van der Waals surface area contributed by atoms with Crippen LogP contribution in [0.2, 0.25) is 0 Å². The van der Waals surface area contributed by atoms with Gasteiger partial charge in [-0.05, 0) is 68.3 Å². The summed E-state index contributed by atoms with van der Waals surface area (Å²) in [4.78, 5) is 1.23. The van der Waals surface area contributed by atoms with Crippen molar-refractivity contribution in [2.24, 2.45) is 0 Å². The van der Waals surface area contributed by atoms with Crippen LogP contribution in [0.3, 0.4) is 0 Å². The predicted octanol–water partition coefficient (Wildman–Crippen LogP) is 5.53. The summed E-state index contributed by atoms with van der Waals surface area (Å²) in [5.74, 6) is 0. The van der Waals surface area contributed by atoms with E-state index in [0.29, 0.717) is 5.54 Å². The van der Waals surface area contributed by atoms with E-state index < -0.39 is 0 Å². The Morgan fingerprint density at radius 2 is 1.96 bits per heavy atom. The van der Waals surface area contributed by atoms with Gasteiger partial charge in [0.1, 0.15) is 5.01 Å². The Morgan fingerprint density at radius 3 is 2.68 bits per heavy atom. The lowest BCUT2D eigenvalue weighted by Crippen LogP contribution is -2.19. The highest BCUT2D eigenvalue weighted by Crippen LogP contribution is 2.38. The van der Waals surface area contributed by atoms with Crippen molar-refractivity contribution in [1.29, 1.82) is 0 Å². The molecular formula is C22H22N4S2. The summed E-state index contributed by atoms with van der Waals surface area (Å²) in [6.45, 7) is 4.28. The standard InChI is InChI=1S/C22H22N4S2/c1-15-23-24-21(27-15)26-14-17(12-16-6-4-3-5-7-16)19-9-8-18(13-20(19)26)28-25-22(2)10-11-22/h3-9,13-14,25H,10-12H2,1-2H3. The van der Waals surface area contributed by atoms with Gasteiger partial charge in [-0.3, -0.25) is 9.29 Å². The number of fused-ring (bicyclic) bond motifs is 1. The van der Waals surface area contributed by atoms with Crippen LogP contribution in [0.25, 0.3) is 16.0 Å². The zero-order valence-electron chi connectivity index (χ0n) is 16.0. The van der Waals surface area contributed by atoms with Gasteiger partial charge in [0.2, 0.25) is 5.13 Å². The summed E-state index contributed by atoms with van der Waals surface area (Å²) in [5, 5.41) is 11.8. The number of aryl methyl sites for hydroxylation is 1. The lowest BCUT2D eigenvalue weighted by molar-refractivity contribution is 0.701. The molecule has 0 aliphatic heterocycles. The minimum absolute atomic E-state index is 0.302. The number of rotatable bonds is 6. The van der Waals surface area contributed by atoms with E-state index in [1.54, 1.807) is 23.3 Å². The van der Waals surface area contributed by atoms with Crippen LogP contribution >= 0.6 is 23.3 Å². The fourth-order valence-electron chi connectivity index (χ4n) is 3.31. The van der Waals surface area contributed by atoms with Crippen LogP contribution in [0, 0.1) is 6.92 Å². The minimum Gasteiger partial charge on any atom is -0.291 e. The molecule has 0 amide bonds. The van der Waals surface area contributed by atoms with Crippen LogP contribution in [0.15, 0.2) is 59.6 Å². The van der Waals surface area contributed by atoms with E-state index in [-0.39, 0.29) is 0 Å². The van der Waals surface area contributed by atoms with Crippen LogP contribution in [-0.4, -0.2) is 20.3 Å². The van der Waals surface area contributed by atoms with E-state index in [9.17, 15) is 0 Å². The van der Waals surface area contributed by atoms with Gasteiger partial charge in [-0.25, -0.2) is 0 Å². The van der Waals surface area contributed by atoms with Crippen LogP contribution in [0.1, 0.15) is 35.9 Å². The Hall–Kier alpha value is -2.15. The van der Waals surface area contributed by atoms with Crippen molar-refractivity contribution >= 4 is 34.2 Å². The first-order chi connectivity index (χ1) is 13.6. The van der Waals surface area contributed by atoms with Crippen molar-refractivity contribution in [2.75, 3.05) is 0 Å². The first-order valence-electron chi connectivity index (χ1n) is 9.52. The minimum atomic E-state index is 0.302. The summed E-state index contributed by atoms with van der Waals surface area (Å²) >= 11 is 3.36. The summed E-state index contributed by atoms with van der Waals surface area (Å²) < 4.78 is 5.80. The second-order valence-corrected chi connectivity index (χ2v) is 9.77. The van der Waals surface area contributed by atoms with Gasteiger partial charge < -0.3 is 0 Å². The molecule has 2 aromatic carbocycles. The highest BCUT2D eigenvalue weighted by atomic mass is 32.2. The molecule has 5 rings (SSSR count). The molecule has 1 fully saturated rings. The summed E-state index contributed by atoms with van der Waals surface area (Å²) in [7, 11) is 0. The highest BCUT2D eigenvalue weighted by molar-refractivity contribution is 7.97. The van der Waals surface area contributed by atoms with Gasteiger partial charge in [-0.1, -0.05) is 47.7 Å². The van der Waals surface area contributed by atoms with E-state index in [1.807, 2.05) is 6.92 Å². The fourth-order valence-corrected chi connectivity index (χ4v) is 4.86. The Kier molecular flexibility index (Phi) is 4.50. The van der Waals surface area contributed by atoms with E-state index in [2.05, 4.69) is 81.1 Å². The van der Waals surface area contributed by atoms with Crippen molar-refractivity contribution < 1.29 is 0 Å². The van der Waals surface area contributed by atoms with Crippen LogP contribution in [-0.2, 0) is 6.42 Å². The van der Waals surface area contributed by atoms with Gasteiger partial charge in [0, 0.05) is 22.0 Å². The number of benzene rings is 2. The maximum atomic E-state index is 4.39. The third-order valence-electron chi connectivity index (χ3n) is 5.23. The molecule has 0 spiro atoms. The van der Waals surface area contributed by atoms with Crippen molar-refractivity contribution in [2.45, 2.75) is 43.5 Å². The summed E-state index contributed by atoms with van der Waals surface area (Å²) in [5.41, 5.74) is 4.12. The molecule has 2 aromatic heterocycles. The summed E-state index contributed by atoms with van der Waals surface area (Å²) in [6, 6.07) is 17.4. The first-order valence-corrected chi connectivity index (χ1v) is 11.2. The molecule has 0 radical (unpaired) electrons. The number of nitrogens with one attached hydrogen (secondary N) is 1. The SMILES string of the molecule is Cc1nnc(-n2cc(Cc3ccccc3)c3ccc(SNC4(C)CC4)cc32)s1. The number of nitrogens with zero attached hydrogens (tertiary/aromatic N) is 3. The smallest absolute Gasteiger partial charge is 0.216 e.